The lowest BCUT2D eigenvalue weighted by Crippen LogP contribution is -2.16. The molecule has 0 saturated heterocycles. The Bertz CT molecular complexity index is 1150. The molecule has 0 aliphatic carbocycles. The van der Waals surface area contributed by atoms with E-state index in [2.05, 4.69) is 54.3 Å². The van der Waals surface area contributed by atoms with E-state index in [1.54, 1.807) is 36.4 Å². The largest absolute Gasteiger partial charge is 0.493 e. The molecule has 0 unspecified atom stereocenters. The Morgan fingerprint density at radius 3 is 2.15 bits per heavy atom. The maximum Gasteiger partial charge on any atom is 0.259 e. The second kappa shape index (κ2) is 11.3. The first-order valence-corrected chi connectivity index (χ1v) is 12.2. The fraction of sp³-hybridized carbons (Fsp3) is 0.286. The number of ether oxygens (including phenoxy) is 1. The summed E-state index contributed by atoms with van der Waals surface area (Å²) >= 11 is 3.42. The van der Waals surface area contributed by atoms with Crippen LogP contribution in [0.25, 0.3) is 0 Å². The maximum absolute atomic E-state index is 13.0. The number of hydrogen-bond acceptors (Lipinski definition) is 3. The molecule has 0 spiro atoms. The highest BCUT2D eigenvalue weighted by Gasteiger charge is 2.16. The summed E-state index contributed by atoms with van der Waals surface area (Å²) in [7, 11) is 0. The predicted octanol–water partition coefficient (Wildman–Crippen LogP) is 7.43. The summed E-state index contributed by atoms with van der Waals surface area (Å²) in [6, 6.07) is 20.1. The van der Waals surface area contributed by atoms with E-state index in [1.807, 2.05) is 30.3 Å². The number of nitrogens with one attached hydrogen (secondary N) is 2. The minimum atomic E-state index is -0.283. The molecular weight excluding hydrogens is 492 g/mol. The number of unbranched alkanes of at least 4 members (excludes halogenated alkanes) is 1. The van der Waals surface area contributed by atoms with Crippen molar-refractivity contribution in [1.82, 2.24) is 0 Å². The Morgan fingerprint density at radius 1 is 0.882 bits per heavy atom. The van der Waals surface area contributed by atoms with Crippen LogP contribution in [0, 0.1) is 0 Å². The lowest BCUT2D eigenvalue weighted by atomic mass is 9.87. The molecule has 34 heavy (non-hydrogen) atoms. The summed E-state index contributed by atoms with van der Waals surface area (Å²) in [5.74, 6) is 0.0499. The molecule has 3 rings (SSSR count). The zero-order chi connectivity index (χ0) is 24.7. The van der Waals surface area contributed by atoms with Crippen molar-refractivity contribution in [2.75, 3.05) is 17.2 Å². The van der Waals surface area contributed by atoms with Gasteiger partial charge >= 0.3 is 0 Å². The van der Waals surface area contributed by atoms with Gasteiger partial charge in [0.15, 0.2) is 0 Å². The fourth-order valence-corrected chi connectivity index (χ4v) is 3.69. The molecule has 178 valence electrons. The first-order chi connectivity index (χ1) is 16.2. The monoisotopic (exact) mass is 522 g/mol. The van der Waals surface area contributed by atoms with Gasteiger partial charge in [-0.05, 0) is 65.9 Å². The second-order valence-corrected chi connectivity index (χ2v) is 10.1. The van der Waals surface area contributed by atoms with Gasteiger partial charge < -0.3 is 15.4 Å². The molecule has 2 amide bonds. The molecule has 0 aliphatic heterocycles. The molecule has 6 heteroatoms. The van der Waals surface area contributed by atoms with Crippen molar-refractivity contribution in [3.8, 4) is 5.75 Å². The highest BCUT2D eigenvalue weighted by molar-refractivity contribution is 9.10. The zero-order valence-electron chi connectivity index (χ0n) is 20.1. The van der Waals surface area contributed by atoms with Gasteiger partial charge in [-0.2, -0.15) is 0 Å². The minimum absolute atomic E-state index is 0.0246. The van der Waals surface area contributed by atoms with Gasteiger partial charge in [0.05, 0.1) is 12.2 Å². The third kappa shape index (κ3) is 6.94. The number of benzene rings is 3. The van der Waals surface area contributed by atoms with Crippen LogP contribution in [0.5, 0.6) is 5.75 Å². The Hall–Kier alpha value is -3.12. The van der Waals surface area contributed by atoms with Gasteiger partial charge in [-0.15, -0.1) is 0 Å². The molecule has 0 radical (unpaired) electrons. The number of rotatable bonds is 8. The number of amides is 2. The smallest absolute Gasteiger partial charge is 0.259 e. The van der Waals surface area contributed by atoms with E-state index in [0.717, 1.165) is 17.3 Å². The Labute approximate surface area is 210 Å². The topological polar surface area (TPSA) is 67.4 Å². The molecule has 0 bridgehead atoms. The Balaban J connectivity index is 1.71. The van der Waals surface area contributed by atoms with Crippen molar-refractivity contribution in [3.63, 3.8) is 0 Å². The van der Waals surface area contributed by atoms with Crippen LogP contribution >= 0.6 is 15.9 Å². The van der Waals surface area contributed by atoms with Crippen molar-refractivity contribution >= 4 is 39.1 Å². The molecule has 0 heterocycles. The van der Waals surface area contributed by atoms with Crippen LogP contribution in [0.3, 0.4) is 0 Å². The third-order valence-electron chi connectivity index (χ3n) is 5.33. The first kappa shape index (κ1) is 25.5. The van der Waals surface area contributed by atoms with Crippen molar-refractivity contribution in [2.45, 2.75) is 46.0 Å². The molecule has 0 aromatic heterocycles. The van der Waals surface area contributed by atoms with E-state index in [4.69, 9.17) is 4.74 Å². The molecule has 3 aromatic rings. The van der Waals surface area contributed by atoms with Gasteiger partial charge in [0, 0.05) is 21.4 Å². The van der Waals surface area contributed by atoms with E-state index < -0.39 is 0 Å². The maximum atomic E-state index is 13.0. The molecule has 5 nitrogen and oxygen atoms in total. The molecule has 0 atom stereocenters. The molecule has 0 fully saturated rings. The number of carbonyl (C=O) groups is 2. The third-order valence-corrected chi connectivity index (χ3v) is 5.83. The predicted molar refractivity (Wildman–Crippen MR) is 142 cm³/mol. The fourth-order valence-electron chi connectivity index (χ4n) is 3.33. The minimum Gasteiger partial charge on any atom is -0.493 e. The number of hydrogen-bond donors (Lipinski definition) is 2. The average molecular weight is 523 g/mol. The lowest BCUT2D eigenvalue weighted by molar-refractivity contribution is 0.101. The SMILES string of the molecule is CCCCOc1ccc(Br)cc1C(=O)Nc1cccc(NC(=O)c2ccc(C(C)(C)C)cc2)c1. The van der Waals surface area contributed by atoms with Gasteiger partial charge in [0.2, 0.25) is 0 Å². The summed E-state index contributed by atoms with van der Waals surface area (Å²) < 4.78 is 6.60. The van der Waals surface area contributed by atoms with Crippen molar-refractivity contribution in [1.29, 1.82) is 0 Å². The molecule has 2 N–H and O–H groups in total. The molecular formula is C28H31BrN2O3. The number of halogens is 1. The summed E-state index contributed by atoms with van der Waals surface area (Å²) in [6.45, 7) is 9.05. The normalized spacial score (nSPS) is 11.1. The van der Waals surface area contributed by atoms with Gasteiger partial charge in [-0.25, -0.2) is 0 Å². The van der Waals surface area contributed by atoms with E-state index in [0.29, 0.717) is 34.9 Å². The lowest BCUT2D eigenvalue weighted by Gasteiger charge is -2.19. The number of anilines is 2. The van der Waals surface area contributed by atoms with Gasteiger partial charge in [-0.1, -0.05) is 68.2 Å². The molecule has 0 aliphatic rings. The summed E-state index contributed by atoms with van der Waals surface area (Å²) in [6.07, 6.45) is 1.93. The van der Waals surface area contributed by atoms with E-state index in [-0.39, 0.29) is 17.2 Å². The van der Waals surface area contributed by atoms with Crippen LogP contribution in [0.4, 0.5) is 11.4 Å². The van der Waals surface area contributed by atoms with E-state index >= 15 is 0 Å². The standard InChI is InChI=1S/C28H31BrN2O3/c1-5-6-16-34-25-15-14-21(29)17-24(25)27(33)31-23-9-7-8-22(18-23)30-26(32)19-10-12-20(13-11-19)28(2,3)4/h7-15,17-18H,5-6,16H2,1-4H3,(H,30,32)(H,31,33). The second-order valence-electron chi connectivity index (χ2n) is 9.16. The Morgan fingerprint density at radius 2 is 1.53 bits per heavy atom. The summed E-state index contributed by atoms with van der Waals surface area (Å²) in [5.41, 5.74) is 3.38. The van der Waals surface area contributed by atoms with E-state index in [1.165, 1.54) is 5.56 Å². The highest BCUT2D eigenvalue weighted by Crippen LogP contribution is 2.26. The van der Waals surface area contributed by atoms with Crippen LogP contribution in [-0.4, -0.2) is 18.4 Å². The van der Waals surface area contributed by atoms with Crippen molar-refractivity contribution in [2.24, 2.45) is 0 Å². The summed E-state index contributed by atoms with van der Waals surface area (Å²) in [5, 5.41) is 5.80. The average Bonchev–Trinajstić information content (AvgIpc) is 2.80. The summed E-state index contributed by atoms with van der Waals surface area (Å²) in [4.78, 5) is 25.7. The first-order valence-electron chi connectivity index (χ1n) is 11.4. The van der Waals surface area contributed by atoms with Crippen LogP contribution in [-0.2, 0) is 5.41 Å². The van der Waals surface area contributed by atoms with Crippen LogP contribution in [0.15, 0.2) is 71.2 Å². The number of carbonyl (C=O) groups excluding carboxylic acids is 2. The van der Waals surface area contributed by atoms with Gasteiger partial charge in [0.1, 0.15) is 5.75 Å². The van der Waals surface area contributed by atoms with Crippen LogP contribution in [0.2, 0.25) is 0 Å². The zero-order valence-corrected chi connectivity index (χ0v) is 21.7. The molecule has 3 aromatic carbocycles. The Kier molecular flexibility index (Phi) is 8.51. The van der Waals surface area contributed by atoms with Crippen LogP contribution < -0.4 is 15.4 Å². The van der Waals surface area contributed by atoms with Crippen molar-refractivity contribution < 1.29 is 14.3 Å². The van der Waals surface area contributed by atoms with Crippen LogP contribution in [0.1, 0.15) is 66.8 Å². The van der Waals surface area contributed by atoms with Gasteiger partial charge in [0.25, 0.3) is 11.8 Å². The quantitative estimate of drug-likeness (QED) is 0.302. The van der Waals surface area contributed by atoms with E-state index in [9.17, 15) is 9.59 Å². The van der Waals surface area contributed by atoms with Crippen molar-refractivity contribution in [3.05, 3.63) is 87.9 Å². The molecule has 0 saturated carbocycles. The van der Waals surface area contributed by atoms with Gasteiger partial charge in [-0.3, -0.25) is 9.59 Å². The highest BCUT2D eigenvalue weighted by atomic mass is 79.9.